The monoisotopic (exact) mass is 611 g/mol. The van der Waals surface area contributed by atoms with E-state index in [0.717, 1.165) is 32.1 Å². The lowest BCUT2D eigenvalue weighted by molar-refractivity contribution is -0.135. The number of carbonyl (C=O) groups excluding carboxylic acids is 2. The van der Waals surface area contributed by atoms with Gasteiger partial charge in [-0.1, -0.05) is 65.3 Å². The SMILES string of the molecule is CCc1c(C(=O)N2CCN(C(=O)C(Cl)c3ccccc3)C(C)C2)cnn1-c1nc(-c2ccc(Br)cc2)cs1. The Hall–Kier alpha value is -3.01. The number of hydrogen-bond acceptors (Lipinski definition) is 5. The van der Waals surface area contributed by atoms with Crippen LogP contribution < -0.4 is 0 Å². The minimum Gasteiger partial charge on any atom is -0.335 e. The van der Waals surface area contributed by atoms with Crippen LogP contribution in [0, 0.1) is 0 Å². The van der Waals surface area contributed by atoms with Gasteiger partial charge in [0, 0.05) is 41.1 Å². The first-order chi connectivity index (χ1) is 18.4. The van der Waals surface area contributed by atoms with Gasteiger partial charge in [-0.2, -0.15) is 5.10 Å². The lowest BCUT2D eigenvalue weighted by atomic mass is 10.1. The molecule has 2 aromatic heterocycles. The second-order valence-corrected chi connectivity index (χ2v) is 11.4. The van der Waals surface area contributed by atoms with Gasteiger partial charge in [0.05, 0.1) is 23.1 Å². The van der Waals surface area contributed by atoms with E-state index in [0.29, 0.717) is 31.6 Å². The van der Waals surface area contributed by atoms with E-state index in [2.05, 4.69) is 21.0 Å². The van der Waals surface area contributed by atoms with Gasteiger partial charge in [-0.3, -0.25) is 9.59 Å². The maximum atomic E-state index is 13.6. The van der Waals surface area contributed by atoms with Crippen LogP contribution in [-0.4, -0.2) is 62.1 Å². The summed E-state index contributed by atoms with van der Waals surface area (Å²) in [4.78, 5) is 35.0. The number of benzene rings is 2. The van der Waals surface area contributed by atoms with Gasteiger partial charge in [0.2, 0.25) is 11.0 Å². The predicted molar refractivity (Wildman–Crippen MR) is 154 cm³/mol. The van der Waals surface area contributed by atoms with Crippen molar-refractivity contribution in [1.82, 2.24) is 24.6 Å². The summed E-state index contributed by atoms with van der Waals surface area (Å²) >= 11 is 11.5. The van der Waals surface area contributed by atoms with E-state index >= 15 is 0 Å². The van der Waals surface area contributed by atoms with Crippen molar-refractivity contribution in [3.63, 3.8) is 0 Å². The molecule has 0 aliphatic carbocycles. The van der Waals surface area contributed by atoms with E-state index in [1.165, 1.54) is 11.3 Å². The Morgan fingerprint density at radius 1 is 1.13 bits per heavy atom. The summed E-state index contributed by atoms with van der Waals surface area (Å²) in [6, 6.07) is 17.2. The molecule has 0 N–H and O–H groups in total. The number of amides is 2. The van der Waals surface area contributed by atoms with E-state index in [1.807, 2.05) is 73.8 Å². The minimum atomic E-state index is -0.744. The molecule has 2 unspecified atom stereocenters. The third-order valence-electron chi connectivity index (χ3n) is 6.75. The second kappa shape index (κ2) is 11.4. The fraction of sp³-hybridized carbons (Fsp3) is 0.286. The highest BCUT2D eigenvalue weighted by molar-refractivity contribution is 9.10. The summed E-state index contributed by atoms with van der Waals surface area (Å²) in [6.45, 7) is 5.27. The number of aromatic nitrogens is 3. The molecule has 3 heterocycles. The third kappa shape index (κ3) is 5.28. The smallest absolute Gasteiger partial charge is 0.257 e. The van der Waals surface area contributed by atoms with Crippen LogP contribution in [0.1, 0.15) is 40.8 Å². The number of hydrogen-bond donors (Lipinski definition) is 0. The van der Waals surface area contributed by atoms with E-state index in [4.69, 9.17) is 16.6 Å². The van der Waals surface area contributed by atoms with Crippen LogP contribution in [0.3, 0.4) is 0 Å². The predicted octanol–water partition coefficient (Wildman–Crippen LogP) is 5.97. The number of thiazole rings is 1. The third-order valence-corrected chi connectivity index (χ3v) is 8.54. The Morgan fingerprint density at radius 3 is 2.55 bits per heavy atom. The number of halogens is 2. The van der Waals surface area contributed by atoms with Crippen LogP contribution in [0.4, 0.5) is 0 Å². The van der Waals surface area contributed by atoms with E-state index in [9.17, 15) is 9.59 Å². The van der Waals surface area contributed by atoms with E-state index < -0.39 is 5.38 Å². The molecule has 1 aliphatic rings. The summed E-state index contributed by atoms with van der Waals surface area (Å²) in [5, 5.41) is 6.51. The molecular weight excluding hydrogens is 586 g/mol. The van der Waals surface area contributed by atoms with Crippen LogP contribution in [0.25, 0.3) is 16.4 Å². The van der Waals surface area contributed by atoms with Crippen molar-refractivity contribution < 1.29 is 9.59 Å². The van der Waals surface area contributed by atoms with Crippen LogP contribution in [0.5, 0.6) is 0 Å². The molecule has 0 saturated carbocycles. The number of nitrogens with zero attached hydrogens (tertiary/aromatic N) is 5. The minimum absolute atomic E-state index is 0.0813. The Balaban J connectivity index is 1.30. The Labute approximate surface area is 239 Å². The summed E-state index contributed by atoms with van der Waals surface area (Å²) in [7, 11) is 0. The lowest BCUT2D eigenvalue weighted by Gasteiger charge is -2.40. The molecule has 2 atom stereocenters. The zero-order valence-corrected chi connectivity index (χ0v) is 24.2. The van der Waals surface area contributed by atoms with Crippen molar-refractivity contribution in [2.24, 2.45) is 0 Å². The molecule has 1 saturated heterocycles. The van der Waals surface area contributed by atoms with Gasteiger partial charge in [0.1, 0.15) is 5.38 Å². The second-order valence-electron chi connectivity index (χ2n) is 9.20. The summed E-state index contributed by atoms with van der Waals surface area (Å²) in [5.74, 6) is -0.216. The number of rotatable bonds is 6. The van der Waals surface area contributed by atoms with Crippen molar-refractivity contribution in [1.29, 1.82) is 0 Å². The van der Waals surface area contributed by atoms with Crippen LogP contribution in [0.2, 0.25) is 0 Å². The number of piperazine rings is 1. The molecule has 5 rings (SSSR count). The van der Waals surface area contributed by atoms with Gasteiger partial charge in [0.25, 0.3) is 5.91 Å². The van der Waals surface area contributed by atoms with Gasteiger partial charge < -0.3 is 9.80 Å². The van der Waals surface area contributed by atoms with Crippen molar-refractivity contribution >= 4 is 50.7 Å². The normalized spacial score (nSPS) is 16.5. The number of alkyl halides is 1. The summed E-state index contributed by atoms with van der Waals surface area (Å²) in [6.07, 6.45) is 2.27. The molecule has 196 valence electrons. The highest BCUT2D eigenvalue weighted by atomic mass is 79.9. The molecule has 38 heavy (non-hydrogen) atoms. The molecular formula is C28H27BrClN5O2S. The van der Waals surface area contributed by atoms with Gasteiger partial charge in [0.15, 0.2) is 0 Å². The average Bonchev–Trinajstić information content (AvgIpc) is 3.60. The Kier molecular flexibility index (Phi) is 7.97. The fourth-order valence-electron chi connectivity index (χ4n) is 4.72. The Morgan fingerprint density at radius 2 is 1.87 bits per heavy atom. The first-order valence-corrected chi connectivity index (χ1v) is 14.6. The molecule has 0 bridgehead atoms. The lowest BCUT2D eigenvalue weighted by Crippen LogP contribution is -2.56. The van der Waals surface area contributed by atoms with Crippen molar-refractivity contribution in [3.05, 3.63) is 87.5 Å². The van der Waals surface area contributed by atoms with Gasteiger partial charge in [-0.15, -0.1) is 22.9 Å². The maximum absolute atomic E-state index is 13.6. The molecule has 0 spiro atoms. The quantitative estimate of drug-likeness (QED) is 0.252. The summed E-state index contributed by atoms with van der Waals surface area (Å²) in [5.41, 5.74) is 4.05. The van der Waals surface area contributed by atoms with Gasteiger partial charge in [-0.05, 0) is 31.0 Å². The molecule has 1 fully saturated rings. The van der Waals surface area contributed by atoms with Crippen LogP contribution in [0.15, 0.2) is 70.6 Å². The molecule has 7 nitrogen and oxygen atoms in total. The molecule has 2 amide bonds. The average molecular weight is 613 g/mol. The highest BCUT2D eigenvalue weighted by Crippen LogP contribution is 2.28. The van der Waals surface area contributed by atoms with Gasteiger partial charge in [-0.25, -0.2) is 9.67 Å². The van der Waals surface area contributed by atoms with Crippen molar-refractivity contribution in [3.8, 4) is 16.4 Å². The Bertz CT molecular complexity index is 1440. The first kappa shape index (κ1) is 26.6. The number of carbonyl (C=O) groups is 2. The molecule has 2 aromatic carbocycles. The van der Waals surface area contributed by atoms with Crippen LogP contribution in [-0.2, 0) is 11.2 Å². The first-order valence-electron chi connectivity index (χ1n) is 12.4. The topological polar surface area (TPSA) is 71.3 Å². The molecule has 1 aliphatic heterocycles. The van der Waals surface area contributed by atoms with E-state index in [-0.39, 0.29) is 17.9 Å². The van der Waals surface area contributed by atoms with Gasteiger partial charge >= 0.3 is 0 Å². The summed E-state index contributed by atoms with van der Waals surface area (Å²) < 4.78 is 2.78. The van der Waals surface area contributed by atoms with Crippen LogP contribution >= 0.6 is 38.9 Å². The zero-order valence-electron chi connectivity index (χ0n) is 21.1. The maximum Gasteiger partial charge on any atom is 0.257 e. The van der Waals surface area contributed by atoms with Crippen molar-refractivity contribution in [2.75, 3.05) is 19.6 Å². The molecule has 4 aromatic rings. The zero-order chi connectivity index (χ0) is 26.8. The fourth-order valence-corrected chi connectivity index (χ4v) is 6.07. The molecule has 0 radical (unpaired) electrons. The highest BCUT2D eigenvalue weighted by Gasteiger charge is 2.34. The van der Waals surface area contributed by atoms with Crippen molar-refractivity contribution in [2.45, 2.75) is 31.7 Å². The largest absolute Gasteiger partial charge is 0.335 e. The standard InChI is InChI=1S/C28H27BrClN5O2S/c1-3-24-22(15-31-35(24)28-32-23(17-38-28)19-9-11-21(29)12-10-19)26(36)33-13-14-34(18(2)16-33)27(37)25(30)20-7-5-4-6-8-20/h4-12,15,17-18,25H,3,13-14,16H2,1-2H3. The molecule has 10 heteroatoms. The van der Waals surface area contributed by atoms with E-state index in [1.54, 1.807) is 20.7 Å².